The molecule has 1 fully saturated rings. The molecule has 1 unspecified atom stereocenters. The summed E-state index contributed by atoms with van der Waals surface area (Å²) in [4.78, 5) is 4.99. The molecule has 3 aromatic carbocycles. The Balaban J connectivity index is 1.74. The van der Waals surface area contributed by atoms with Crippen molar-refractivity contribution in [2.24, 2.45) is 0 Å². The molecule has 3 aromatic rings. The summed E-state index contributed by atoms with van der Waals surface area (Å²) in [6, 6.07) is 24.3. The number of rotatable bonds is 9. The first-order chi connectivity index (χ1) is 16.6. The van der Waals surface area contributed by atoms with Crippen molar-refractivity contribution in [2.75, 3.05) is 33.4 Å². The molecule has 0 aliphatic carbocycles. The number of methoxy groups -OCH3 is 1. The minimum atomic E-state index is -0.502. The zero-order valence-electron chi connectivity index (χ0n) is 20.1. The maximum absolute atomic E-state index is 13.9. The molecule has 0 amide bonds. The van der Waals surface area contributed by atoms with Crippen LogP contribution in [0.25, 0.3) is 0 Å². The number of hydrogen-bond donors (Lipinski definition) is 0. The van der Waals surface area contributed by atoms with Gasteiger partial charge in [-0.2, -0.15) is 0 Å². The van der Waals surface area contributed by atoms with Gasteiger partial charge < -0.3 is 4.74 Å². The van der Waals surface area contributed by atoms with Gasteiger partial charge in [-0.05, 0) is 47.4 Å². The minimum absolute atomic E-state index is 0.129. The fourth-order valence-electron chi connectivity index (χ4n) is 5.49. The molecular weight excluding hydrogens is 430 g/mol. The lowest BCUT2D eigenvalue weighted by atomic mass is 9.76. The van der Waals surface area contributed by atoms with Crippen LogP contribution in [0.15, 0.2) is 78.9 Å². The molecule has 0 aromatic heterocycles. The standard InChI is InChI=1S/C29H34F2N2O/c1-3-17-29(24-9-13-26(30)14-10-24,25-11-15-27(31)16-12-25)33-19-18-32(21-28(33)22-34-2)20-23-7-5-4-6-8-23/h4-16,28H,3,17-22H2,1-2H3. The maximum atomic E-state index is 13.9. The fraction of sp³-hybridized carbons (Fsp3) is 0.379. The third-order valence-electron chi connectivity index (χ3n) is 6.92. The fourth-order valence-corrected chi connectivity index (χ4v) is 5.49. The van der Waals surface area contributed by atoms with Gasteiger partial charge in [0.2, 0.25) is 0 Å². The van der Waals surface area contributed by atoms with E-state index in [2.05, 4.69) is 41.0 Å². The molecule has 1 aliphatic heterocycles. The summed E-state index contributed by atoms with van der Waals surface area (Å²) >= 11 is 0. The van der Waals surface area contributed by atoms with Crippen molar-refractivity contribution in [3.8, 4) is 0 Å². The minimum Gasteiger partial charge on any atom is -0.383 e. The Hall–Kier alpha value is -2.60. The van der Waals surface area contributed by atoms with E-state index in [9.17, 15) is 8.78 Å². The number of ether oxygens (including phenoxy) is 1. The van der Waals surface area contributed by atoms with E-state index in [1.807, 2.05) is 30.3 Å². The Morgan fingerprint density at radius 3 is 1.97 bits per heavy atom. The number of halogens is 2. The second-order valence-electron chi connectivity index (χ2n) is 9.15. The van der Waals surface area contributed by atoms with E-state index in [1.54, 1.807) is 7.11 Å². The van der Waals surface area contributed by atoms with Crippen molar-refractivity contribution in [3.05, 3.63) is 107 Å². The summed E-state index contributed by atoms with van der Waals surface area (Å²) in [6.07, 6.45) is 1.77. The van der Waals surface area contributed by atoms with Crippen molar-refractivity contribution in [2.45, 2.75) is 37.9 Å². The molecule has 180 valence electrons. The summed E-state index contributed by atoms with van der Waals surface area (Å²) in [5.41, 5.74) is 2.85. The van der Waals surface area contributed by atoms with Gasteiger partial charge in [-0.1, -0.05) is 67.9 Å². The van der Waals surface area contributed by atoms with E-state index in [-0.39, 0.29) is 17.7 Å². The van der Waals surface area contributed by atoms with Crippen LogP contribution in [0.2, 0.25) is 0 Å². The normalized spacial score (nSPS) is 17.7. The molecule has 0 spiro atoms. The van der Waals surface area contributed by atoms with Crippen LogP contribution < -0.4 is 0 Å². The first kappa shape index (κ1) is 24.5. The van der Waals surface area contributed by atoms with Gasteiger partial charge in [0.1, 0.15) is 11.6 Å². The van der Waals surface area contributed by atoms with Gasteiger partial charge in [0.25, 0.3) is 0 Å². The van der Waals surface area contributed by atoms with Crippen molar-refractivity contribution >= 4 is 0 Å². The van der Waals surface area contributed by atoms with Gasteiger partial charge in [0.15, 0.2) is 0 Å². The molecule has 1 aliphatic rings. The Bertz CT molecular complexity index is 979. The van der Waals surface area contributed by atoms with Crippen LogP contribution in [-0.4, -0.2) is 49.2 Å². The van der Waals surface area contributed by atoms with Crippen LogP contribution in [0, 0.1) is 11.6 Å². The molecule has 0 saturated carbocycles. The monoisotopic (exact) mass is 464 g/mol. The first-order valence-corrected chi connectivity index (χ1v) is 12.1. The molecule has 0 N–H and O–H groups in total. The second kappa shape index (κ2) is 11.2. The zero-order chi connectivity index (χ0) is 24.0. The average molecular weight is 465 g/mol. The summed E-state index contributed by atoms with van der Waals surface area (Å²) in [5, 5.41) is 0. The highest BCUT2D eigenvalue weighted by atomic mass is 19.1. The van der Waals surface area contributed by atoms with Crippen LogP contribution in [-0.2, 0) is 16.8 Å². The topological polar surface area (TPSA) is 15.7 Å². The van der Waals surface area contributed by atoms with Gasteiger partial charge in [-0.25, -0.2) is 8.78 Å². The van der Waals surface area contributed by atoms with Crippen LogP contribution >= 0.6 is 0 Å². The summed E-state index contributed by atoms with van der Waals surface area (Å²) in [5.74, 6) is -0.510. The lowest BCUT2D eigenvalue weighted by Gasteiger charge is -2.53. The van der Waals surface area contributed by atoms with E-state index in [4.69, 9.17) is 4.74 Å². The smallest absolute Gasteiger partial charge is 0.123 e. The lowest BCUT2D eigenvalue weighted by molar-refractivity contribution is -0.0356. The number of piperazine rings is 1. The van der Waals surface area contributed by atoms with Crippen LogP contribution in [0.5, 0.6) is 0 Å². The van der Waals surface area contributed by atoms with Gasteiger partial charge >= 0.3 is 0 Å². The van der Waals surface area contributed by atoms with E-state index in [1.165, 1.54) is 29.8 Å². The molecule has 1 saturated heterocycles. The maximum Gasteiger partial charge on any atom is 0.123 e. The third-order valence-corrected chi connectivity index (χ3v) is 6.92. The lowest BCUT2D eigenvalue weighted by Crippen LogP contribution is -2.62. The molecule has 5 heteroatoms. The van der Waals surface area contributed by atoms with E-state index >= 15 is 0 Å². The SMILES string of the molecule is CCCC(c1ccc(F)cc1)(c1ccc(F)cc1)N1CCN(Cc2ccccc2)CC1COC. The predicted octanol–water partition coefficient (Wildman–Crippen LogP) is 5.84. The van der Waals surface area contributed by atoms with Crippen molar-refractivity contribution in [1.82, 2.24) is 9.80 Å². The summed E-state index contributed by atoms with van der Waals surface area (Å²) in [6.45, 7) is 6.23. The van der Waals surface area contributed by atoms with Crippen molar-refractivity contribution < 1.29 is 13.5 Å². The average Bonchev–Trinajstić information content (AvgIpc) is 2.85. The highest BCUT2D eigenvalue weighted by Gasteiger charge is 2.45. The predicted molar refractivity (Wildman–Crippen MR) is 133 cm³/mol. The second-order valence-corrected chi connectivity index (χ2v) is 9.15. The first-order valence-electron chi connectivity index (χ1n) is 12.1. The molecule has 34 heavy (non-hydrogen) atoms. The zero-order valence-corrected chi connectivity index (χ0v) is 20.1. The Morgan fingerprint density at radius 2 is 1.44 bits per heavy atom. The largest absolute Gasteiger partial charge is 0.383 e. The quantitative estimate of drug-likeness (QED) is 0.396. The van der Waals surface area contributed by atoms with Crippen LogP contribution in [0.3, 0.4) is 0 Å². The van der Waals surface area contributed by atoms with E-state index in [0.717, 1.165) is 50.1 Å². The molecular formula is C29H34F2N2O. The summed E-state index contributed by atoms with van der Waals surface area (Å²) < 4.78 is 33.6. The van der Waals surface area contributed by atoms with Gasteiger partial charge in [0, 0.05) is 39.3 Å². The number of benzene rings is 3. The molecule has 1 atom stereocenters. The van der Waals surface area contributed by atoms with Crippen molar-refractivity contribution in [1.29, 1.82) is 0 Å². The molecule has 4 rings (SSSR count). The number of nitrogens with zero attached hydrogens (tertiary/aromatic N) is 2. The van der Waals surface area contributed by atoms with Crippen LogP contribution in [0.4, 0.5) is 8.78 Å². The molecule has 0 bridgehead atoms. The van der Waals surface area contributed by atoms with Crippen molar-refractivity contribution in [3.63, 3.8) is 0 Å². The highest BCUT2D eigenvalue weighted by Crippen LogP contribution is 2.42. The van der Waals surface area contributed by atoms with Gasteiger partial charge in [0.05, 0.1) is 12.1 Å². The summed E-state index contributed by atoms with van der Waals surface area (Å²) in [7, 11) is 1.74. The van der Waals surface area contributed by atoms with Gasteiger partial charge in [-0.3, -0.25) is 9.80 Å². The van der Waals surface area contributed by atoms with Gasteiger partial charge in [-0.15, -0.1) is 0 Å². The highest BCUT2D eigenvalue weighted by molar-refractivity contribution is 5.39. The number of hydrogen-bond acceptors (Lipinski definition) is 3. The van der Waals surface area contributed by atoms with E-state index < -0.39 is 5.54 Å². The molecule has 1 heterocycles. The van der Waals surface area contributed by atoms with Crippen LogP contribution in [0.1, 0.15) is 36.5 Å². The third kappa shape index (κ3) is 5.22. The Morgan fingerprint density at radius 1 is 0.853 bits per heavy atom. The Labute approximate surface area is 202 Å². The molecule has 0 radical (unpaired) electrons. The molecule has 3 nitrogen and oxygen atoms in total. The Kier molecular flexibility index (Phi) is 8.09. The van der Waals surface area contributed by atoms with E-state index in [0.29, 0.717) is 6.61 Å².